The van der Waals surface area contributed by atoms with Crippen molar-refractivity contribution < 1.29 is 9.59 Å². The highest BCUT2D eigenvalue weighted by Crippen LogP contribution is 2.22. The first-order chi connectivity index (χ1) is 7.63. The molecule has 1 rings (SSSR count). The van der Waals surface area contributed by atoms with Gasteiger partial charge in [-0.25, -0.2) is 0 Å². The second kappa shape index (κ2) is 6.66. The van der Waals surface area contributed by atoms with Gasteiger partial charge in [-0.3, -0.25) is 9.59 Å². The Balaban J connectivity index is 2.40. The Hall–Kier alpha value is -0.860. The molecule has 0 radical (unpaired) electrons. The summed E-state index contributed by atoms with van der Waals surface area (Å²) in [6, 6.07) is 0. The highest BCUT2D eigenvalue weighted by molar-refractivity contribution is 5.96. The molecule has 3 heteroatoms. The molecule has 3 nitrogen and oxygen atoms in total. The van der Waals surface area contributed by atoms with Crippen molar-refractivity contribution in [2.45, 2.75) is 52.4 Å². The fourth-order valence-corrected chi connectivity index (χ4v) is 2.44. The van der Waals surface area contributed by atoms with Crippen molar-refractivity contribution >= 4 is 11.7 Å². The lowest BCUT2D eigenvalue weighted by Gasteiger charge is -2.20. The van der Waals surface area contributed by atoms with Crippen molar-refractivity contribution in [3.05, 3.63) is 0 Å². The number of carbonyl (C=O) groups excluding carboxylic acids is 2. The van der Waals surface area contributed by atoms with Gasteiger partial charge in [-0.15, -0.1) is 0 Å². The zero-order valence-corrected chi connectivity index (χ0v) is 10.5. The van der Waals surface area contributed by atoms with Crippen molar-refractivity contribution in [2.24, 2.45) is 5.92 Å². The first kappa shape index (κ1) is 13.2. The molecule has 1 heterocycles. The van der Waals surface area contributed by atoms with E-state index in [0.717, 1.165) is 31.8 Å². The molecule has 1 fully saturated rings. The predicted molar refractivity (Wildman–Crippen MR) is 64.1 cm³/mol. The van der Waals surface area contributed by atoms with Gasteiger partial charge in [0.1, 0.15) is 5.78 Å². The maximum atomic E-state index is 11.7. The molecular formula is C13H23NO2. The second-order valence-electron chi connectivity index (χ2n) is 4.85. The molecule has 16 heavy (non-hydrogen) atoms. The van der Waals surface area contributed by atoms with Crippen LogP contribution in [-0.4, -0.2) is 29.7 Å². The second-order valence-corrected chi connectivity index (χ2v) is 4.85. The van der Waals surface area contributed by atoms with Crippen LogP contribution in [0.4, 0.5) is 0 Å². The van der Waals surface area contributed by atoms with Crippen LogP contribution in [0.3, 0.4) is 0 Å². The number of likely N-dealkylation sites (tertiary alicyclic amines) is 1. The van der Waals surface area contributed by atoms with Crippen LogP contribution < -0.4 is 0 Å². The highest BCUT2D eigenvalue weighted by Gasteiger charge is 2.20. The maximum absolute atomic E-state index is 11.7. The number of carbonyl (C=O) groups is 2. The summed E-state index contributed by atoms with van der Waals surface area (Å²) in [5, 5.41) is 0. The SMILES string of the molecule is CCCC1CCCN(C(=O)CC(C)=O)CC1. The van der Waals surface area contributed by atoms with E-state index in [-0.39, 0.29) is 18.1 Å². The molecule has 0 saturated carbocycles. The van der Waals surface area contributed by atoms with Gasteiger partial charge < -0.3 is 4.90 Å². The molecular weight excluding hydrogens is 202 g/mol. The van der Waals surface area contributed by atoms with Gasteiger partial charge in [-0.05, 0) is 32.1 Å². The molecule has 0 aromatic rings. The Kier molecular flexibility index (Phi) is 5.50. The molecule has 0 bridgehead atoms. The van der Waals surface area contributed by atoms with Gasteiger partial charge in [-0.2, -0.15) is 0 Å². The number of ketones is 1. The first-order valence-corrected chi connectivity index (χ1v) is 6.40. The summed E-state index contributed by atoms with van der Waals surface area (Å²) < 4.78 is 0. The van der Waals surface area contributed by atoms with E-state index < -0.39 is 0 Å². The lowest BCUT2D eigenvalue weighted by atomic mass is 9.96. The molecule has 0 aromatic carbocycles. The van der Waals surface area contributed by atoms with Gasteiger partial charge >= 0.3 is 0 Å². The number of hydrogen-bond acceptors (Lipinski definition) is 2. The zero-order chi connectivity index (χ0) is 12.0. The van der Waals surface area contributed by atoms with Gasteiger partial charge in [0.25, 0.3) is 0 Å². The minimum atomic E-state index is -0.0284. The summed E-state index contributed by atoms with van der Waals surface area (Å²) in [6.45, 7) is 5.38. The Bertz CT molecular complexity index is 250. The predicted octanol–water partition coefficient (Wildman–Crippen LogP) is 2.39. The Morgan fingerprint density at radius 1 is 1.25 bits per heavy atom. The average Bonchev–Trinajstić information content (AvgIpc) is 2.43. The van der Waals surface area contributed by atoms with Crippen LogP contribution in [0.25, 0.3) is 0 Å². The van der Waals surface area contributed by atoms with Crippen molar-refractivity contribution in [1.29, 1.82) is 0 Å². The van der Waals surface area contributed by atoms with E-state index in [0.29, 0.717) is 0 Å². The monoisotopic (exact) mass is 225 g/mol. The molecule has 0 aliphatic carbocycles. The van der Waals surface area contributed by atoms with Crippen LogP contribution in [0, 0.1) is 5.92 Å². The third-order valence-electron chi connectivity index (χ3n) is 3.30. The third kappa shape index (κ3) is 4.33. The highest BCUT2D eigenvalue weighted by atomic mass is 16.2. The average molecular weight is 225 g/mol. The molecule has 1 unspecified atom stereocenters. The van der Waals surface area contributed by atoms with Gasteiger partial charge in [0.05, 0.1) is 6.42 Å². The van der Waals surface area contributed by atoms with Crippen molar-refractivity contribution in [2.75, 3.05) is 13.1 Å². The van der Waals surface area contributed by atoms with Crippen molar-refractivity contribution in [1.82, 2.24) is 4.90 Å². The zero-order valence-electron chi connectivity index (χ0n) is 10.5. The molecule has 0 N–H and O–H groups in total. The number of rotatable bonds is 4. The number of hydrogen-bond donors (Lipinski definition) is 0. The normalized spacial score (nSPS) is 21.6. The van der Waals surface area contributed by atoms with E-state index in [1.54, 1.807) is 0 Å². The van der Waals surface area contributed by atoms with Gasteiger partial charge in [0.2, 0.25) is 5.91 Å². The largest absolute Gasteiger partial charge is 0.342 e. The molecule has 1 aliphatic rings. The van der Waals surface area contributed by atoms with Crippen LogP contribution in [-0.2, 0) is 9.59 Å². The van der Waals surface area contributed by atoms with Crippen LogP contribution in [0.5, 0.6) is 0 Å². The third-order valence-corrected chi connectivity index (χ3v) is 3.30. The van der Waals surface area contributed by atoms with Crippen LogP contribution >= 0.6 is 0 Å². The van der Waals surface area contributed by atoms with E-state index in [4.69, 9.17) is 0 Å². The Morgan fingerprint density at radius 2 is 2.00 bits per heavy atom. The summed E-state index contributed by atoms with van der Waals surface area (Å²) in [6.07, 6.45) is 6.02. The fourth-order valence-electron chi connectivity index (χ4n) is 2.44. The number of nitrogens with zero attached hydrogens (tertiary/aromatic N) is 1. The smallest absolute Gasteiger partial charge is 0.230 e. The molecule has 0 spiro atoms. The number of amides is 1. The van der Waals surface area contributed by atoms with E-state index in [1.165, 1.54) is 26.2 Å². The van der Waals surface area contributed by atoms with Gasteiger partial charge in [-0.1, -0.05) is 19.8 Å². The van der Waals surface area contributed by atoms with E-state index in [2.05, 4.69) is 6.92 Å². The minimum absolute atomic E-state index is 0.0182. The first-order valence-electron chi connectivity index (χ1n) is 6.40. The summed E-state index contributed by atoms with van der Waals surface area (Å²) in [5.41, 5.74) is 0. The molecule has 1 saturated heterocycles. The Labute approximate surface area is 98.2 Å². The summed E-state index contributed by atoms with van der Waals surface area (Å²) in [7, 11) is 0. The van der Waals surface area contributed by atoms with E-state index >= 15 is 0 Å². The maximum Gasteiger partial charge on any atom is 0.230 e. The summed E-state index contributed by atoms with van der Waals surface area (Å²) in [5.74, 6) is 0.768. The van der Waals surface area contributed by atoms with Crippen molar-refractivity contribution in [3.63, 3.8) is 0 Å². The Morgan fingerprint density at radius 3 is 2.62 bits per heavy atom. The summed E-state index contributed by atoms with van der Waals surface area (Å²) >= 11 is 0. The quantitative estimate of drug-likeness (QED) is 0.689. The number of Topliss-reactive ketones (excluding diaryl/α,β-unsaturated/α-hetero) is 1. The van der Waals surface area contributed by atoms with E-state index in [1.807, 2.05) is 4.90 Å². The van der Waals surface area contributed by atoms with Crippen LogP contribution in [0.1, 0.15) is 52.4 Å². The minimum Gasteiger partial charge on any atom is -0.342 e. The van der Waals surface area contributed by atoms with E-state index in [9.17, 15) is 9.59 Å². The summed E-state index contributed by atoms with van der Waals surface area (Å²) in [4.78, 5) is 24.5. The van der Waals surface area contributed by atoms with Gasteiger partial charge in [0.15, 0.2) is 0 Å². The topological polar surface area (TPSA) is 37.4 Å². The van der Waals surface area contributed by atoms with Crippen LogP contribution in [0.15, 0.2) is 0 Å². The molecule has 1 amide bonds. The molecule has 1 atom stereocenters. The standard InChI is InChI=1S/C13H23NO2/c1-3-5-12-6-4-8-14(9-7-12)13(16)10-11(2)15/h12H,3-10H2,1-2H3. The molecule has 1 aliphatic heterocycles. The lowest BCUT2D eigenvalue weighted by Crippen LogP contribution is -2.33. The molecule has 0 aromatic heterocycles. The van der Waals surface area contributed by atoms with Gasteiger partial charge in [0, 0.05) is 13.1 Å². The molecule has 92 valence electrons. The lowest BCUT2D eigenvalue weighted by molar-refractivity contribution is -0.134. The van der Waals surface area contributed by atoms with Crippen LogP contribution in [0.2, 0.25) is 0 Å². The van der Waals surface area contributed by atoms with Crippen molar-refractivity contribution in [3.8, 4) is 0 Å². The fraction of sp³-hybridized carbons (Fsp3) is 0.846.